The molecule has 27 heavy (non-hydrogen) atoms. The summed E-state index contributed by atoms with van der Waals surface area (Å²) in [6, 6.07) is 3.44. The lowest BCUT2D eigenvalue weighted by molar-refractivity contribution is -0.126. The Hall–Kier alpha value is -2.70. The molecule has 0 spiro atoms. The van der Waals surface area contributed by atoms with E-state index in [0.29, 0.717) is 38.0 Å². The first-order chi connectivity index (χ1) is 13.1. The summed E-state index contributed by atoms with van der Waals surface area (Å²) in [6.07, 6.45) is 6.35. The number of aromatic nitrogens is 2. The van der Waals surface area contributed by atoms with Crippen LogP contribution in [-0.2, 0) is 11.2 Å². The molecule has 0 atom stereocenters. The lowest BCUT2D eigenvalue weighted by Crippen LogP contribution is -2.43. The van der Waals surface area contributed by atoms with Gasteiger partial charge in [0.1, 0.15) is 5.76 Å². The fourth-order valence-corrected chi connectivity index (χ4v) is 3.50. The maximum Gasteiger partial charge on any atom is 0.253 e. The Balaban J connectivity index is 1.39. The molecule has 0 aromatic carbocycles. The highest BCUT2D eigenvalue weighted by atomic mass is 16.5. The van der Waals surface area contributed by atoms with E-state index in [9.17, 15) is 9.59 Å². The number of hydrogen-bond donors (Lipinski definition) is 1. The Morgan fingerprint density at radius 2 is 1.93 bits per heavy atom. The molecule has 7 heteroatoms. The average Bonchev–Trinajstić information content (AvgIpc) is 3.03. The molecule has 1 aliphatic rings. The summed E-state index contributed by atoms with van der Waals surface area (Å²) in [5.74, 6) is 0.927. The van der Waals surface area contributed by atoms with Crippen molar-refractivity contribution in [2.45, 2.75) is 39.5 Å². The zero-order chi connectivity index (χ0) is 19.2. The average molecular weight is 370 g/mol. The molecule has 144 valence electrons. The van der Waals surface area contributed by atoms with E-state index < -0.39 is 0 Å². The van der Waals surface area contributed by atoms with Gasteiger partial charge in [-0.25, -0.2) is 0 Å². The van der Waals surface area contributed by atoms with Crippen LogP contribution in [0.2, 0.25) is 0 Å². The maximum atomic E-state index is 12.4. The van der Waals surface area contributed by atoms with Crippen molar-refractivity contribution in [1.82, 2.24) is 20.4 Å². The monoisotopic (exact) mass is 370 g/mol. The van der Waals surface area contributed by atoms with Crippen LogP contribution in [0.15, 0.2) is 29.0 Å². The van der Waals surface area contributed by atoms with Crippen molar-refractivity contribution in [3.05, 3.63) is 47.1 Å². The molecule has 0 bridgehead atoms. The molecule has 2 aromatic heterocycles. The van der Waals surface area contributed by atoms with E-state index in [0.717, 1.165) is 29.9 Å². The molecule has 3 rings (SSSR count). The first-order valence-corrected chi connectivity index (χ1v) is 9.45. The zero-order valence-corrected chi connectivity index (χ0v) is 15.9. The van der Waals surface area contributed by atoms with Gasteiger partial charge in [-0.15, -0.1) is 0 Å². The molecule has 1 aliphatic heterocycles. The van der Waals surface area contributed by atoms with Crippen LogP contribution in [0.3, 0.4) is 0 Å². The molecule has 7 nitrogen and oxygen atoms in total. The summed E-state index contributed by atoms with van der Waals surface area (Å²) in [7, 11) is 0. The normalized spacial score (nSPS) is 15.0. The predicted octanol–water partition coefficient (Wildman–Crippen LogP) is 2.29. The highest BCUT2D eigenvalue weighted by Crippen LogP contribution is 2.19. The number of nitrogens with zero attached hydrogens (tertiary/aromatic N) is 3. The second kappa shape index (κ2) is 8.79. The van der Waals surface area contributed by atoms with E-state index >= 15 is 0 Å². The molecule has 1 fully saturated rings. The van der Waals surface area contributed by atoms with E-state index in [1.807, 2.05) is 18.7 Å². The third-order valence-electron chi connectivity index (χ3n) is 5.16. The molecular formula is C20H26N4O3. The molecule has 0 radical (unpaired) electrons. The quantitative estimate of drug-likeness (QED) is 0.788. The second-order valence-corrected chi connectivity index (χ2v) is 7.00. The van der Waals surface area contributed by atoms with Crippen molar-refractivity contribution in [2.24, 2.45) is 5.92 Å². The molecule has 0 saturated carbocycles. The Morgan fingerprint density at radius 1 is 1.22 bits per heavy atom. The first kappa shape index (κ1) is 19.1. The van der Waals surface area contributed by atoms with Crippen molar-refractivity contribution in [2.75, 3.05) is 19.6 Å². The van der Waals surface area contributed by atoms with Crippen LogP contribution in [0.1, 0.15) is 46.6 Å². The fraction of sp³-hybridized carbons (Fsp3) is 0.500. The van der Waals surface area contributed by atoms with Crippen LogP contribution in [0.25, 0.3) is 0 Å². The van der Waals surface area contributed by atoms with Gasteiger partial charge in [-0.1, -0.05) is 5.16 Å². The van der Waals surface area contributed by atoms with Gasteiger partial charge in [0.05, 0.1) is 5.69 Å². The smallest absolute Gasteiger partial charge is 0.253 e. The highest BCUT2D eigenvalue weighted by molar-refractivity contribution is 5.94. The Labute approximate surface area is 159 Å². The number of hydrogen-bond acceptors (Lipinski definition) is 5. The Morgan fingerprint density at radius 3 is 2.56 bits per heavy atom. The number of carbonyl (C=O) groups is 2. The number of piperidine rings is 1. The molecule has 1 saturated heterocycles. The minimum Gasteiger partial charge on any atom is -0.361 e. The van der Waals surface area contributed by atoms with E-state index in [1.165, 1.54) is 0 Å². The molecule has 0 aliphatic carbocycles. The summed E-state index contributed by atoms with van der Waals surface area (Å²) in [4.78, 5) is 30.6. The largest absolute Gasteiger partial charge is 0.361 e. The van der Waals surface area contributed by atoms with Gasteiger partial charge in [0, 0.05) is 49.1 Å². The lowest BCUT2D eigenvalue weighted by Gasteiger charge is -2.31. The molecule has 2 amide bonds. The zero-order valence-electron chi connectivity index (χ0n) is 15.9. The number of carbonyl (C=O) groups excluding carboxylic acids is 2. The summed E-state index contributed by atoms with van der Waals surface area (Å²) >= 11 is 0. The van der Waals surface area contributed by atoms with Gasteiger partial charge in [0.15, 0.2) is 0 Å². The van der Waals surface area contributed by atoms with E-state index in [2.05, 4.69) is 15.5 Å². The van der Waals surface area contributed by atoms with Gasteiger partial charge in [-0.05, 0) is 51.7 Å². The second-order valence-electron chi connectivity index (χ2n) is 7.00. The third kappa shape index (κ3) is 4.72. The van der Waals surface area contributed by atoms with E-state index in [4.69, 9.17) is 4.52 Å². The van der Waals surface area contributed by atoms with Crippen LogP contribution in [-0.4, -0.2) is 46.5 Å². The minimum atomic E-state index is -0.0226. The number of amides is 2. The summed E-state index contributed by atoms with van der Waals surface area (Å²) in [5, 5.41) is 6.98. The van der Waals surface area contributed by atoms with Gasteiger partial charge in [-0.3, -0.25) is 14.6 Å². The van der Waals surface area contributed by atoms with Crippen molar-refractivity contribution in [1.29, 1.82) is 0 Å². The fourth-order valence-electron chi connectivity index (χ4n) is 3.50. The Kier molecular flexibility index (Phi) is 6.21. The van der Waals surface area contributed by atoms with E-state index in [1.54, 1.807) is 24.5 Å². The number of aryl methyl sites for hydroxylation is 2. The molecular weight excluding hydrogens is 344 g/mol. The number of likely N-dealkylation sites (tertiary alicyclic amines) is 1. The number of rotatable bonds is 6. The van der Waals surface area contributed by atoms with Gasteiger partial charge in [-0.2, -0.15) is 0 Å². The Bertz CT molecular complexity index is 760. The topological polar surface area (TPSA) is 88.3 Å². The highest BCUT2D eigenvalue weighted by Gasteiger charge is 2.27. The standard InChI is InChI=1S/C20H26N4O3/c1-14-18(15(2)27-23-14)4-3-9-22-19(25)16-7-12-24(13-8-16)20(26)17-5-10-21-11-6-17/h5-6,10-11,16H,3-4,7-9,12-13H2,1-2H3,(H,22,25). The van der Waals surface area contributed by atoms with Crippen LogP contribution in [0.4, 0.5) is 0 Å². The third-order valence-corrected chi connectivity index (χ3v) is 5.16. The maximum absolute atomic E-state index is 12.4. The molecule has 1 N–H and O–H groups in total. The first-order valence-electron chi connectivity index (χ1n) is 9.45. The van der Waals surface area contributed by atoms with Gasteiger partial charge < -0.3 is 14.7 Å². The van der Waals surface area contributed by atoms with Crippen LogP contribution in [0, 0.1) is 19.8 Å². The van der Waals surface area contributed by atoms with Crippen molar-refractivity contribution < 1.29 is 14.1 Å². The molecule has 0 unspecified atom stereocenters. The molecule has 2 aromatic rings. The summed E-state index contributed by atoms with van der Waals surface area (Å²) in [5.41, 5.74) is 2.70. The van der Waals surface area contributed by atoms with Crippen molar-refractivity contribution in [3.63, 3.8) is 0 Å². The van der Waals surface area contributed by atoms with Crippen LogP contribution in [0.5, 0.6) is 0 Å². The van der Waals surface area contributed by atoms with E-state index in [-0.39, 0.29) is 17.7 Å². The van der Waals surface area contributed by atoms with Gasteiger partial charge >= 0.3 is 0 Å². The predicted molar refractivity (Wildman–Crippen MR) is 100 cm³/mol. The SMILES string of the molecule is Cc1noc(C)c1CCCNC(=O)C1CCN(C(=O)c2ccncc2)CC1. The number of pyridine rings is 1. The molecule has 3 heterocycles. The van der Waals surface area contributed by atoms with Crippen LogP contribution < -0.4 is 5.32 Å². The van der Waals surface area contributed by atoms with Crippen LogP contribution >= 0.6 is 0 Å². The lowest BCUT2D eigenvalue weighted by atomic mass is 9.95. The summed E-state index contributed by atoms with van der Waals surface area (Å²) in [6.45, 7) is 5.70. The summed E-state index contributed by atoms with van der Waals surface area (Å²) < 4.78 is 5.16. The number of nitrogens with one attached hydrogen (secondary N) is 1. The van der Waals surface area contributed by atoms with Crippen molar-refractivity contribution in [3.8, 4) is 0 Å². The van der Waals surface area contributed by atoms with Gasteiger partial charge in [0.25, 0.3) is 5.91 Å². The van der Waals surface area contributed by atoms with Gasteiger partial charge in [0.2, 0.25) is 5.91 Å². The minimum absolute atomic E-state index is 0.00993. The van der Waals surface area contributed by atoms with Crippen molar-refractivity contribution >= 4 is 11.8 Å².